The Bertz CT molecular complexity index is 1950. The molecule has 2 heterocycles. The second-order valence-corrected chi connectivity index (χ2v) is 9.36. The van der Waals surface area contributed by atoms with E-state index in [0.29, 0.717) is 5.82 Å². The van der Waals surface area contributed by atoms with Gasteiger partial charge in [-0.05, 0) is 59.5 Å². The number of hydrogen-bond donors (Lipinski definition) is 0. The number of hydrogen-bond acceptors (Lipinski definition) is 4. The number of fused-ring (bicyclic) bond motifs is 5. The molecule has 0 unspecified atom stereocenters. The van der Waals surface area contributed by atoms with Crippen molar-refractivity contribution < 1.29 is 4.42 Å². The number of aryl methyl sites for hydroxylation is 2. The van der Waals surface area contributed by atoms with E-state index in [1.807, 2.05) is 19.9 Å². The summed E-state index contributed by atoms with van der Waals surface area (Å²) in [5.74, 6) is 2.14. The Balaban J connectivity index is 1.37. The zero-order valence-corrected chi connectivity index (χ0v) is 20.6. The van der Waals surface area contributed by atoms with E-state index in [1.165, 1.54) is 16.2 Å². The third-order valence-corrected chi connectivity index (χ3v) is 6.87. The Morgan fingerprint density at radius 2 is 1.19 bits per heavy atom. The highest BCUT2D eigenvalue weighted by Gasteiger charge is 2.15. The fraction of sp³-hybridized carbons (Fsp3) is 0.0606. The highest BCUT2D eigenvalue weighted by molar-refractivity contribution is 6.20. The number of furan rings is 1. The molecule has 0 spiro atoms. The molecule has 37 heavy (non-hydrogen) atoms. The van der Waals surface area contributed by atoms with Crippen LogP contribution in [0.15, 0.2) is 108 Å². The van der Waals surface area contributed by atoms with E-state index in [9.17, 15) is 0 Å². The number of nitrogens with zero attached hydrogens (tertiary/aromatic N) is 3. The van der Waals surface area contributed by atoms with Gasteiger partial charge in [0.15, 0.2) is 5.82 Å². The maximum atomic E-state index is 6.47. The minimum atomic E-state index is 0.697. The molecule has 0 aliphatic rings. The van der Waals surface area contributed by atoms with Gasteiger partial charge in [0.05, 0.1) is 0 Å². The highest BCUT2D eigenvalue weighted by atomic mass is 16.3. The van der Waals surface area contributed by atoms with E-state index in [0.717, 1.165) is 56.0 Å². The van der Waals surface area contributed by atoms with Crippen molar-refractivity contribution in [1.82, 2.24) is 15.0 Å². The maximum absolute atomic E-state index is 6.47. The van der Waals surface area contributed by atoms with Crippen LogP contribution in [0.5, 0.6) is 0 Å². The standard InChI is InChI=1S/C33H23N3O/c1-20-34-21(2)36-33(35-20)26-12-6-10-24(19-26)23-9-5-11-25(18-23)28-14-7-15-29-31-27-13-4-3-8-22(27)16-17-30(31)37-32(28)29/h3-19H,1-2H3. The zero-order chi connectivity index (χ0) is 24.9. The molecule has 0 radical (unpaired) electrons. The minimum absolute atomic E-state index is 0.697. The molecule has 4 nitrogen and oxygen atoms in total. The van der Waals surface area contributed by atoms with Crippen LogP contribution in [-0.2, 0) is 0 Å². The Kier molecular flexibility index (Phi) is 4.86. The molecule has 0 atom stereocenters. The first-order valence-electron chi connectivity index (χ1n) is 12.4. The van der Waals surface area contributed by atoms with Gasteiger partial charge in [-0.3, -0.25) is 0 Å². The number of aromatic nitrogens is 3. The summed E-state index contributed by atoms with van der Waals surface area (Å²) < 4.78 is 6.47. The van der Waals surface area contributed by atoms with Crippen molar-refractivity contribution in [2.75, 3.05) is 0 Å². The molecule has 0 aliphatic carbocycles. The largest absolute Gasteiger partial charge is 0.455 e. The summed E-state index contributed by atoms with van der Waals surface area (Å²) in [6.07, 6.45) is 0. The molecule has 4 heteroatoms. The van der Waals surface area contributed by atoms with E-state index in [2.05, 4.69) is 112 Å². The molecule has 0 bridgehead atoms. The van der Waals surface area contributed by atoms with E-state index in [4.69, 9.17) is 4.42 Å². The van der Waals surface area contributed by atoms with Gasteiger partial charge in [-0.15, -0.1) is 0 Å². The molecule has 0 saturated carbocycles. The van der Waals surface area contributed by atoms with Crippen LogP contribution in [0.1, 0.15) is 11.6 Å². The molecule has 176 valence electrons. The van der Waals surface area contributed by atoms with Crippen LogP contribution in [0.2, 0.25) is 0 Å². The topological polar surface area (TPSA) is 51.8 Å². The van der Waals surface area contributed by atoms with Crippen molar-refractivity contribution in [2.24, 2.45) is 0 Å². The molecule has 7 aromatic rings. The van der Waals surface area contributed by atoms with Crippen LogP contribution in [0, 0.1) is 13.8 Å². The predicted octanol–water partition coefficient (Wildman–Crippen LogP) is 8.54. The normalized spacial score (nSPS) is 11.5. The first-order chi connectivity index (χ1) is 18.1. The molecule has 0 fully saturated rings. The predicted molar refractivity (Wildman–Crippen MR) is 150 cm³/mol. The number of benzene rings is 5. The van der Waals surface area contributed by atoms with Crippen LogP contribution in [0.25, 0.3) is 66.4 Å². The summed E-state index contributed by atoms with van der Waals surface area (Å²) >= 11 is 0. The van der Waals surface area contributed by atoms with Crippen LogP contribution < -0.4 is 0 Å². The average Bonchev–Trinajstić information content (AvgIpc) is 3.32. The minimum Gasteiger partial charge on any atom is -0.455 e. The van der Waals surface area contributed by atoms with Gasteiger partial charge in [0.1, 0.15) is 22.8 Å². The lowest BCUT2D eigenvalue weighted by atomic mass is 9.96. The van der Waals surface area contributed by atoms with Crippen LogP contribution in [-0.4, -0.2) is 15.0 Å². The summed E-state index contributed by atoms with van der Waals surface area (Å²) in [5, 5.41) is 4.73. The van der Waals surface area contributed by atoms with Gasteiger partial charge in [-0.25, -0.2) is 15.0 Å². The number of rotatable bonds is 3. The van der Waals surface area contributed by atoms with Gasteiger partial charge in [0.2, 0.25) is 0 Å². The molecule has 0 amide bonds. The van der Waals surface area contributed by atoms with Crippen molar-refractivity contribution >= 4 is 32.7 Å². The summed E-state index contributed by atoms with van der Waals surface area (Å²) in [6.45, 7) is 3.79. The molecular weight excluding hydrogens is 454 g/mol. The van der Waals surface area contributed by atoms with Gasteiger partial charge >= 0.3 is 0 Å². The molecule has 0 aliphatic heterocycles. The SMILES string of the molecule is Cc1nc(C)nc(-c2cccc(-c3cccc(-c4cccc5c4oc4ccc6ccccc6c45)c3)c2)n1. The summed E-state index contributed by atoms with van der Waals surface area (Å²) in [7, 11) is 0. The van der Waals surface area contributed by atoms with Crippen LogP contribution in [0.3, 0.4) is 0 Å². The van der Waals surface area contributed by atoms with Gasteiger partial charge < -0.3 is 4.42 Å². The summed E-state index contributed by atoms with van der Waals surface area (Å²) in [6, 6.07) is 36.1. The lowest BCUT2D eigenvalue weighted by Gasteiger charge is -2.09. The monoisotopic (exact) mass is 477 g/mol. The van der Waals surface area contributed by atoms with Gasteiger partial charge in [-0.2, -0.15) is 0 Å². The van der Waals surface area contributed by atoms with E-state index >= 15 is 0 Å². The Labute approximate surface area is 214 Å². The second kappa shape index (κ2) is 8.38. The third-order valence-electron chi connectivity index (χ3n) is 6.87. The molecule has 2 aromatic heterocycles. The summed E-state index contributed by atoms with van der Waals surface area (Å²) in [4.78, 5) is 13.4. The van der Waals surface area contributed by atoms with E-state index < -0.39 is 0 Å². The lowest BCUT2D eigenvalue weighted by molar-refractivity contribution is 0.670. The van der Waals surface area contributed by atoms with Gasteiger partial charge in [0.25, 0.3) is 0 Å². The molecular formula is C33H23N3O. The lowest BCUT2D eigenvalue weighted by Crippen LogP contribution is -1.98. The quantitative estimate of drug-likeness (QED) is 0.256. The molecule has 5 aromatic carbocycles. The first kappa shape index (κ1) is 21.5. The smallest absolute Gasteiger partial charge is 0.163 e. The van der Waals surface area contributed by atoms with Crippen molar-refractivity contribution in [1.29, 1.82) is 0 Å². The molecule has 0 saturated heterocycles. The van der Waals surface area contributed by atoms with Gasteiger partial charge in [0, 0.05) is 21.9 Å². The molecule has 0 N–H and O–H groups in total. The Morgan fingerprint density at radius 1 is 0.541 bits per heavy atom. The third kappa shape index (κ3) is 3.66. The fourth-order valence-corrected chi connectivity index (χ4v) is 5.24. The van der Waals surface area contributed by atoms with E-state index in [1.54, 1.807) is 0 Å². The highest BCUT2D eigenvalue weighted by Crippen LogP contribution is 2.39. The van der Waals surface area contributed by atoms with Crippen molar-refractivity contribution in [3.8, 4) is 33.6 Å². The first-order valence-corrected chi connectivity index (χ1v) is 12.4. The van der Waals surface area contributed by atoms with E-state index in [-0.39, 0.29) is 0 Å². The summed E-state index contributed by atoms with van der Waals surface area (Å²) in [5.41, 5.74) is 7.23. The fourth-order valence-electron chi connectivity index (χ4n) is 5.24. The van der Waals surface area contributed by atoms with Crippen molar-refractivity contribution in [3.63, 3.8) is 0 Å². The van der Waals surface area contributed by atoms with Crippen molar-refractivity contribution in [2.45, 2.75) is 13.8 Å². The zero-order valence-electron chi connectivity index (χ0n) is 20.6. The van der Waals surface area contributed by atoms with Crippen LogP contribution >= 0.6 is 0 Å². The second-order valence-electron chi connectivity index (χ2n) is 9.36. The van der Waals surface area contributed by atoms with Crippen LogP contribution in [0.4, 0.5) is 0 Å². The average molecular weight is 478 g/mol. The number of para-hydroxylation sites is 1. The maximum Gasteiger partial charge on any atom is 0.163 e. The van der Waals surface area contributed by atoms with Crippen molar-refractivity contribution in [3.05, 3.63) is 115 Å². The Morgan fingerprint density at radius 3 is 2.00 bits per heavy atom. The molecule has 7 rings (SSSR count). The Hall–Kier alpha value is -4.83. The van der Waals surface area contributed by atoms with Gasteiger partial charge in [-0.1, -0.05) is 84.9 Å².